The van der Waals surface area contributed by atoms with Crippen molar-refractivity contribution in [3.8, 4) is 11.5 Å². The van der Waals surface area contributed by atoms with Gasteiger partial charge in [-0.05, 0) is 86.1 Å². The molecule has 0 saturated carbocycles. The number of aromatic hydroxyl groups is 1. The first-order valence-electron chi connectivity index (χ1n) is 18.2. The molecule has 1 aliphatic carbocycles. The van der Waals surface area contributed by atoms with Crippen molar-refractivity contribution in [3.05, 3.63) is 80.7 Å². The lowest BCUT2D eigenvalue weighted by Gasteiger charge is -2.49. The van der Waals surface area contributed by atoms with Gasteiger partial charge in [-0.1, -0.05) is 63.5 Å². The Morgan fingerprint density at radius 1 is 1.22 bits per heavy atom. The molecule has 5 rings (SSSR count). The van der Waals surface area contributed by atoms with Crippen LogP contribution in [0.4, 0.5) is 0 Å². The minimum Gasteiger partial charge on any atom is -0.507 e. The summed E-state index contributed by atoms with van der Waals surface area (Å²) in [5.41, 5.74) is 5.15. The molecule has 0 bridgehead atoms. The molecule has 51 heavy (non-hydrogen) atoms. The lowest BCUT2D eigenvalue weighted by molar-refractivity contribution is -0.153. The predicted octanol–water partition coefficient (Wildman–Crippen LogP) is 7.22. The number of ether oxygens (including phenoxy) is 2. The number of allylic oxidation sites excluding steroid dienone is 3. The molecule has 2 aromatic rings. The molecule has 0 unspecified atom stereocenters. The number of unbranched alkanes of at least 4 members (excludes halogenated alkanes) is 2. The van der Waals surface area contributed by atoms with Crippen molar-refractivity contribution in [3.63, 3.8) is 0 Å². The number of carbonyl (C=O) groups is 3. The van der Waals surface area contributed by atoms with Crippen molar-refractivity contribution in [2.75, 3.05) is 25.6 Å². The standard InChI is InChI=1S/C40H53N3O6S2/c1-7-8-9-11-27-17-32(44)35(31-16-26(6)13-14-30(31)25(4)5)33(18-27)49-23-41-20-28-22-51-39-36(42-34(45)19-29-12-10-15-50-29)38(46)43(39)37(28)40(47)48-21-24(2)3/h10,12,15-18,24,30-31,36,39,41,44H,4,7-9,11,13-14,19-23H2,1-3,5-6H3,(H,42,45)/t30-,31+,36+,39+/m0/s1. The number of thioether (sulfide) groups is 1. The molecule has 1 aromatic carbocycles. The van der Waals surface area contributed by atoms with Crippen LogP contribution in [0, 0.1) is 11.8 Å². The van der Waals surface area contributed by atoms with E-state index in [4.69, 9.17) is 9.47 Å². The highest BCUT2D eigenvalue weighted by molar-refractivity contribution is 8.00. The third-order valence-electron chi connectivity index (χ3n) is 9.65. The summed E-state index contributed by atoms with van der Waals surface area (Å²) in [6.45, 7) is 15.2. The lowest BCUT2D eigenvalue weighted by atomic mass is 9.73. The van der Waals surface area contributed by atoms with E-state index >= 15 is 0 Å². The third kappa shape index (κ3) is 9.47. The Balaban J connectivity index is 1.33. The van der Waals surface area contributed by atoms with E-state index < -0.39 is 12.0 Å². The van der Waals surface area contributed by atoms with E-state index in [1.807, 2.05) is 37.4 Å². The van der Waals surface area contributed by atoms with Crippen LogP contribution >= 0.6 is 23.1 Å². The van der Waals surface area contributed by atoms with Crippen LogP contribution in [-0.2, 0) is 32.0 Å². The molecule has 3 N–H and O–H groups in total. The van der Waals surface area contributed by atoms with Crippen LogP contribution in [0.15, 0.2) is 64.7 Å². The molecule has 3 heterocycles. The van der Waals surface area contributed by atoms with Crippen LogP contribution in [0.2, 0.25) is 0 Å². The van der Waals surface area contributed by atoms with Gasteiger partial charge in [0.05, 0.1) is 13.0 Å². The maximum absolute atomic E-state index is 13.5. The first-order chi connectivity index (χ1) is 24.5. The fraction of sp³-hybridized carbons (Fsp3) is 0.525. The first-order valence-corrected chi connectivity index (χ1v) is 20.1. The smallest absolute Gasteiger partial charge is 0.355 e. The van der Waals surface area contributed by atoms with Gasteiger partial charge in [-0.15, -0.1) is 23.1 Å². The van der Waals surface area contributed by atoms with Crippen molar-refractivity contribution in [2.24, 2.45) is 11.8 Å². The molecular formula is C40H53N3O6S2. The number of carbonyl (C=O) groups excluding carboxylic acids is 3. The number of nitrogens with zero attached hydrogens (tertiary/aromatic N) is 1. The molecular weight excluding hydrogens is 683 g/mol. The van der Waals surface area contributed by atoms with Gasteiger partial charge in [0.1, 0.15) is 35.3 Å². The van der Waals surface area contributed by atoms with Crippen LogP contribution in [0.1, 0.15) is 88.6 Å². The van der Waals surface area contributed by atoms with E-state index in [9.17, 15) is 19.5 Å². The number of aryl methyl sites for hydroxylation is 1. The maximum Gasteiger partial charge on any atom is 0.355 e. The van der Waals surface area contributed by atoms with Gasteiger partial charge >= 0.3 is 5.97 Å². The zero-order valence-corrected chi connectivity index (χ0v) is 32.2. The fourth-order valence-electron chi connectivity index (χ4n) is 7.00. The molecule has 0 spiro atoms. The second-order valence-corrected chi connectivity index (χ2v) is 16.5. The minimum atomic E-state index is -0.704. The lowest BCUT2D eigenvalue weighted by Crippen LogP contribution is -2.70. The summed E-state index contributed by atoms with van der Waals surface area (Å²) in [6.07, 6.45) is 8.51. The number of amides is 2. The Kier molecular flexibility index (Phi) is 13.5. The van der Waals surface area contributed by atoms with Crippen LogP contribution in [0.3, 0.4) is 0 Å². The summed E-state index contributed by atoms with van der Waals surface area (Å²) in [5.74, 6) is 0.546. The van der Waals surface area contributed by atoms with Crippen LogP contribution in [0.5, 0.6) is 11.5 Å². The Bertz CT molecular complexity index is 1650. The van der Waals surface area contributed by atoms with Crippen molar-refractivity contribution in [1.29, 1.82) is 0 Å². The number of hydrogen-bond acceptors (Lipinski definition) is 9. The normalized spacial score (nSPS) is 21.6. The zero-order chi connectivity index (χ0) is 36.7. The Hall–Kier alpha value is -3.54. The zero-order valence-electron chi connectivity index (χ0n) is 30.6. The van der Waals surface area contributed by atoms with Gasteiger partial charge in [0.15, 0.2) is 0 Å². The van der Waals surface area contributed by atoms with E-state index in [0.717, 1.165) is 65.7 Å². The summed E-state index contributed by atoms with van der Waals surface area (Å²) < 4.78 is 12.1. The number of nitrogens with one attached hydrogen (secondary N) is 2. The number of esters is 1. The van der Waals surface area contributed by atoms with Gasteiger partial charge in [-0.25, -0.2) is 4.79 Å². The molecule has 1 fully saturated rings. The predicted molar refractivity (Wildman–Crippen MR) is 205 cm³/mol. The Morgan fingerprint density at radius 2 is 2.02 bits per heavy atom. The number of thiophene rings is 1. The molecule has 11 heteroatoms. The average Bonchev–Trinajstić information content (AvgIpc) is 3.60. The molecule has 1 aromatic heterocycles. The summed E-state index contributed by atoms with van der Waals surface area (Å²) in [6, 6.07) is 7.02. The first kappa shape index (κ1) is 38.7. The average molecular weight is 736 g/mol. The van der Waals surface area contributed by atoms with Crippen LogP contribution < -0.4 is 15.4 Å². The quantitative estimate of drug-likeness (QED) is 0.0513. The SMILES string of the molecule is C=C(C)[C@@H]1CCC(C)=C[C@H]1c1c(O)cc(CCCCC)cc1OCNCC1=C(C(=O)OCC(C)C)N2C(=O)[C@@H](NC(=O)Cc3cccs3)[C@H]2SC1. The summed E-state index contributed by atoms with van der Waals surface area (Å²) in [5, 5.41) is 19.2. The van der Waals surface area contributed by atoms with Gasteiger partial charge in [0.2, 0.25) is 5.91 Å². The fourth-order valence-corrected chi connectivity index (χ4v) is 9.05. The van der Waals surface area contributed by atoms with Crippen LogP contribution in [-0.4, -0.2) is 64.8 Å². The van der Waals surface area contributed by atoms with Crippen molar-refractivity contribution >= 4 is 40.9 Å². The summed E-state index contributed by atoms with van der Waals surface area (Å²) in [4.78, 5) is 42.1. The number of hydrogen-bond donors (Lipinski definition) is 3. The highest BCUT2D eigenvalue weighted by atomic mass is 32.2. The van der Waals surface area contributed by atoms with E-state index in [2.05, 4.69) is 50.1 Å². The van der Waals surface area contributed by atoms with E-state index in [1.54, 1.807) is 0 Å². The minimum absolute atomic E-state index is 0.0520. The van der Waals surface area contributed by atoms with E-state index in [0.29, 0.717) is 18.0 Å². The highest BCUT2D eigenvalue weighted by Crippen LogP contribution is 2.47. The van der Waals surface area contributed by atoms with Gasteiger partial charge in [-0.3, -0.25) is 19.8 Å². The van der Waals surface area contributed by atoms with E-state index in [1.165, 1.54) is 33.6 Å². The van der Waals surface area contributed by atoms with Gasteiger partial charge in [0.25, 0.3) is 5.91 Å². The van der Waals surface area contributed by atoms with Crippen molar-refractivity contribution in [2.45, 2.75) is 96.9 Å². The molecule has 0 radical (unpaired) electrons. The second kappa shape index (κ2) is 17.8. The molecule has 2 amide bonds. The van der Waals surface area contributed by atoms with Gasteiger partial charge in [-0.2, -0.15) is 0 Å². The number of phenolic OH excluding ortho intramolecular Hbond substituents is 1. The number of β-lactam (4-membered cyclic amide) rings is 1. The monoisotopic (exact) mass is 735 g/mol. The summed E-state index contributed by atoms with van der Waals surface area (Å²) in [7, 11) is 0. The molecule has 1 saturated heterocycles. The number of fused-ring (bicyclic) bond motifs is 1. The van der Waals surface area contributed by atoms with E-state index in [-0.39, 0.29) is 66.1 Å². The van der Waals surface area contributed by atoms with Crippen molar-refractivity contribution in [1.82, 2.24) is 15.5 Å². The second-order valence-electron chi connectivity index (χ2n) is 14.4. The third-order valence-corrected chi connectivity index (χ3v) is 11.9. The van der Waals surface area contributed by atoms with Gasteiger partial charge in [0, 0.05) is 28.7 Å². The molecule has 3 aliphatic rings. The number of phenols is 1. The van der Waals surface area contributed by atoms with Crippen molar-refractivity contribution < 1.29 is 29.0 Å². The number of benzene rings is 1. The number of rotatable bonds is 17. The largest absolute Gasteiger partial charge is 0.507 e. The molecule has 2 aliphatic heterocycles. The van der Waals surface area contributed by atoms with Gasteiger partial charge < -0.3 is 19.9 Å². The highest BCUT2D eigenvalue weighted by Gasteiger charge is 2.54. The maximum atomic E-state index is 13.5. The Labute approximate surface area is 310 Å². The summed E-state index contributed by atoms with van der Waals surface area (Å²) >= 11 is 3.02. The topological polar surface area (TPSA) is 117 Å². The van der Waals surface area contributed by atoms with Crippen LogP contribution in [0.25, 0.3) is 0 Å². The molecule has 9 nitrogen and oxygen atoms in total. The molecule has 276 valence electrons. The Morgan fingerprint density at radius 3 is 2.73 bits per heavy atom. The molecule has 4 atom stereocenters.